The number of carbonyl (C=O) groups is 1. The molecule has 4 heteroatoms. The molecule has 1 aromatic carbocycles. The molecule has 2 bridgehead atoms. The minimum absolute atomic E-state index is 0.0731. The van der Waals surface area contributed by atoms with Crippen LogP contribution in [0.5, 0.6) is 0 Å². The summed E-state index contributed by atoms with van der Waals surface area (Å²) < 4.78 is 0. The van der Waals surface area contributed by atoms with E-state index < -0.39 is 0 Å². The Kier molecular flexibility index (Phi) is 2.19. The molecule has 0 aliphatic carbocycles. The van der Waals surface area contributed by atoms with Crippen molar-refractivity contribution in [3.8, 4) is 0 Å². The third-order valence-electron chi connectivity index (χ3n) is 3.50. The quantitative estimate of drug-likeness (QED) is 0.742. The van der Waals surface area contributed by atoms with Crippen LogP contribution in [0.25, 0.3) is 0 Å². The Balaban J connectivity index is 1.95. The zero-order valence-corrected chi connectivity index (χ0v) is 9.81. The van der Waals surface area contributed by atoms with Crippen LogP contribution >= 0.6 is 11.6 Å². The second-order valence-electron chi connectivity index (χ2n) is 4.53. The first-order chi connectivity index (χ1) is 7.66. The highest BCUT2D eigenvalue weighted by atomic mass is 35.5. The molecule has 2 heterocycles. The third-order valence-corrected chi connectivity index (χ3v) is 3.74. The van der Waals surface area contributed by atoms with E-state index in [0.29, 0.717) is 11.1 Å². The molecule has 16 heavy (non-hydrogen) atoms. The van der Waals surface area contributed by atoms with E-state index >= 15 is 0 Å². The van der Waals surface area contributed by atoms with Crippen molar-refractivity contribution in [3.05, 3.63) is 29.3 Å². The van der Waals surface area contributed by atoms with Gasteiger partial charge in [-0.15, -0.1) is 0 Å². The molecule has 2 unspecified atom stereocenters. The smallest absolute Gasteiger partial charge is 0.244 e. The number of anilines is 1. The number of benzene rings is 1. The number of fused-ring (bicyclic) bond motifs is 2. The van der Waals surface area contributed by atoms with Crippen molar-refractivity contribution in [2.75, 3.05) is 18.5 Å². The van der Waals surface area contributed by atoms with Crippen molar-refractivity contribution in [2.45, 2.75) is 18.5 Å². The van der Waals surface area contributed by atoms with Crippen LogP contribution in [-0.4, -0.2) is 36.5 Å². The van der Waals surface area contributed by atoms with Crippen LogP contribution in [0.3, 0.4) is 0 Å². The van der Waals surface area contributed by atoms with E-state index in [1.165, 1.54) is 0 Å². The lowest BCUT2D eigenvalue weighted by Crippen LogP contribution is -2.48. The molecule has 2 aliphatic rings. The molecule has 0 N–H and O–H groups in total. The molecule has 0 saturated carbocycles. The van der Waals surface area contributed by atoms with Gasteiger partial charge in [-0.25, -0.2) is 0 Å². The zero-order chi connectivity index (χ0) is 11.3. The van der Waals surface area contributed by atoms with Crippen LogP contribution in [0, 0.1) is 0 Å². The molecule has 0 spiro atoms. The highest BCUT2D eigenvalue weighted by molar-refractivity contribution is 6.31. The number of likely N-dealkylation sites (N-methyl/N-ethyl adjacent to an activating group) is 1. The van der Waals surface area contributed by atoms with Crippen LogP contribution in [0.2, 0.25) is 5.02 Å². The first kappa shape index (κ1) is 10.1. The van der Waals surface area contributed by atoms with E-state index in [1.54, 1.807) is 0 Å². The van der Waals surface area contributed by atoms with Gasteiger partial charge in [0.1, 0.15) is 0 Å². The van der Waals surface area contributed by atoms with Crippen LogP contribution in [0.4, 0.5) is 5.69 Å². The lowest BCUT2D eigenvalue weighted by Gasteiger charge is -2.31. The molecule has 1 amide bonds. The molecular weight excluding hydrogens is 224 g/mol. The third kappa shape index (κ3) is 1.35. The van der Waals surface area contributed by atoms with E-state index in [-0.39, 0.29) is 11.9 Å². The van der Waals surface area contributed by atoms with Crippen LogP contribution < -0.4 is 4.90 Å². The number of hydrogen-bond donors (Lipinski definition) is 0. The molecule has 1 aromatic rings. The van der Waals surface area contributed by atoms with Gasteiger partial charge in [0.05, 0.1) is 12.1 Å². The van der Waals surface area contributed by atoms with Crippen molar-refractivity contribution < 1.29 is 4.79 Å². The summed E-state index contributed by atoms with van der Waals surface area (Å²) >= 11 is 5.95. The number of rotatable bonds is 1. The number of likely N-dealkylation sites (tertiary alicyclic amines) is 1. The van der Waals surface area contributed by atoms with E-state index in [4.69, 9.17) is 11.6 Å². The fourth-order valence-electron chi connectivity index (χ4n) is 2.75. The average molecular weight is 237 g/mol. The van der Waals surface area contributed by atoms with E-state index in [2.05, 4.69) is 4.90 Å². The van der Waals surface area contributed by atoms with Crippen LogP contribution in [0.1, 0.15) is 6.42 Å². The van der Waals surface area contributed by atoms with Gasteiger partial charge in [0.15, 0.2) is 0 Å². The lowest BCUT2D eigenvalue weighted by molar-refractivity contribution is -0.122. The normalized spacial score (nSPS) is 29.1. The SMILES string of the molecule is CN1CC2CC1C(=O)N2c1cccc(Cl)c1. The average Bonchev–Trinajstić information content (AvgIpc) is 2.73. The number of carbonyl (C=O) groups excluding carboxylic acids is 1. The maximum atomic E-state index is 12.1. The van der Waals surface area contributed by atoms with E-state index in [0.717, 1.165) is 18.7 Å². The Morgan fingerprint density at radius 3 is 2.88 bits per heavy atom. The van der Waals surface area contributed by atoms with Crippen molar-refractivity contribution in [3.63, 3.8) is 0 Å². The predicted molar refractivity (Wildman–Crippen MR) is 63.8 cm³/mol. The minimum atomic E-state index is 0.0731. The number of piperazine rings is 1. The van der Waals surface area contributed by atoms with Crippen molar-refractivity contribution in [1.82, 2.24) is 4.90 Å². The van der Waals surface area contributed by atoms with Gasteiger partial charge >= 0.3 is 0 Å². The Bertz CT molecular complexity index is 448. The molecule has 3 rings (SSSR count). The monoisotopic (exact) mass is 236 g/mol. The number of amides is 1. The molecule has 0 radical (unpaired) electrons. The maximum Gasteiger partial charge on any atom is 0.244 e. The van der Waals surface area contributed by atoms with Crippen LogP contribution in [-0.2, 0) is 4.79 Å². The van der Waals surface area contributed by atoms with Crippen molar-refractivity contribution in [2.24, 2.45) is 0 Å². The topological polar surface area (TPSA) is 23.6 Å². The molecular formula is C12H13ClN2O. The largest absolute Gasteiger partial charge is 0.307 e. The van der Waals surface area contributed by atoms with Gasteiger partial charge in [-0.2, -0.15) is 0 Å². The summed E-state index contributed by atoms with van der Waals surface area (Å²) in [5.41, 5.74) is 0.929. The molecule has 2 aliphatic heterocycles. The zero-order valence-electron chi connectivity index (χ0n) is 9.06. The first-order valence-corrected chi connectivity index (χ1v) is 5.83. The van der Waals surface area contributed by atoms with Crippen LogP contribution in [0.15, 0.2) is 24.3 Å². The van der Waals surface area contributed by atoms with Gasteiger partial charge in [0, 0.05) is 17.3 Å². The molecule has 0 aromatic heterocycles. The van der Waals surface area contributed by atoms with E-state index in [9.17, 15) is 4.79 Å². The summed E-state index contributed by atoms with van der Waals surface area (Å²) in [6.07, 6.45) is 0.946. The minimum Gasteiger partial charge on any atom is -0.307 e. The summed E-state index contributed by atoms with van der Waals surface area (Å²) in [4.78, 5) is 16.2. The molecule has 84 valence electrons. The first-order valence-electron chi connectivity index (χ1n) is 5.45. The Morgan fingerprint density at radius 2 is 2.25 bits per heavy atom. The fourth-order valence-corrected chi connectivity index (χ4v) is 2.94. The lowest BCUT2D eigenvalue weighted by atomic mass is 10.2. The molecule has 3 nitrogen and oxygen atoms in total. The summed E-state index contributed by atoms with van der Waals surface area (Å²) in [6.45, 7) is 0.961. The summed E-state index contributed by atoms with van der Waals surface area (Å²) in [7, 11) is 2.01. The second kappa shape index (κ2) is 3.47. The van der Waals surface area contributed by atoms with Crippen molar-refractivity contribution in [1.29, 1.82) is 0 Å². The maximum absolute atomic E-state index is 12.1. The molecule has 2 atom stereocenters. The summed E-state index contributed by atoms with van der Waals surface area (Å²) in [5.74, 6) is 0.209. The van der Waals surface area contributed by atoms with Gasteiger partial charge in [-0.05, 0) is 31.7 Å². The predicted octanol–water partition coefficient (Wildman–Crippen LogP) is 1.76. The summed E-state index contributed by atoms with van der Waals surface area (Å²) in [6, 6.07) is 7.92. The molecule has 2 saturated heterocycles. The van der Waals surface area contributed by atoms with Crippen molar-refractivity contribution >= 4 is 23.2 Å². The Hall–Kier alpha value is -1.06. The number of hydrogen-bond acceptors (Lipinski definition) is 2. The van der Waals surface area contributed by atoms with Gasteiger partial charge in [0.25, 0.3) is 0 Å². The second-order valence-corrected chi connectivity index (χ2v) is 4.97. The number of halogens is 1. The van der Waals surface area contributed by atoms with Gasteiger partial charge in [-0.1, -0.05) is 17.7 Å². The van der Waals surface area contributed by atoms with Gasteiger partial charge in [0.2, 0.25) is 5.91 Å². The van der Waals surface area contributed by atoms with Gasteiger partial charge in [-0.3, -0.25) is 9.69 Å². The molecule has 2 fully saturated rings. The highest BCUT2D eigenvalue weighted by Gasteiger charge is 2.48. The number of nitrogens with zero attached hydrogens (tertiary/aromatic N) is 2. The standard InChI is InChI=1S/C12H13ClN2O/c1-14-7-10-6-11(14)12(16)15(10)9-4-2-3-8(13)5-9/h2-5,10-11H,6-7H2,1H3. The Morgan fingerprint density at radius 1 is 1.44 bits per heavy atom. The highest BCUT2D eigenvalue weighted by Crippen LogP contribution is 2.35. The van der Waals surface area contributed by atoms with E-state index in [1.807, 2.05) is 36.2 Å². The summed E-state index contributed by atoms with van der Waals surface area (Å²) in [5, 5.41) is 0.682. The fraction of sp³-hybridized carbons (Fsp3) is 0.417. The van der Waals surface area contributed by atoms with Gasteiger partial charge < -0.3 is 4.90 Å². The Labute approximate surface area is 99.6 Å².